The molecule has 6 heteroatoms. The van der Waals surface area contributed by atoms with Crippen LogP contribution >= 0.6 is 0 Å². The zero-order chi connectivity index (χ0) is 12.3. The summed E-state index contributed by atoms with van der Waals surface area (Å²) in [6.45, 7) is 2.15. The highest BCUT2D eigenvalue weighted by atomic mass is 19.2. The first-order valence-electron chi connectivity index (χ1n) is 4.46. The Balaban J connectivity index is 2.96. The summed E-state index contributed by atoms with van der Waals surface area (Å²) in [6, 6.07) is 4.72. The Bertz CT molecular complexity index is 413. The van der Waals surface area contributed by atoms with E-state index < -0.39 is 16.7 Å². The van der Waals surface area contributed by atoms with Gasteiger partial charge in [0.25, 0.3) is 11.5 Å². The summed E-state index contributed by atoms with van der Waals surface area (Å²) in [5, 5.41) is 10.4. The van der Waals surface area contributed by atoms with Gasteiger partial charge in [-0.25, -0.2) is 0 Å². The molecule has 0 radical (unpaired) electrons. The van der Waals surface area contributed by atoms with E-state index in [1.165, 1.54) is 12.1 Å². The van der Waals surface area contributed by atoms with Crippen molar-refractivity contribution in [2.75, 3.05) is 0 Å². The molecule has 0 spiro atoms. The second-order valence-electron chi connectivity index (χ2n) is 3.31. The number of hydrogen-bond donors (Lipinski definition) is 0. The van der Waals surface area contributed by atoms with E-state index in [0.29, 0.717) is 0 Å². The number of carbonyl (C=O) groups is 1. The van der Waals surface area contributed by atoms with Gasteiger partial charge in [0.15, 0.2) is 0 Å². The molecule has 16 heavy (non-hydrogen) atoms. The molecular formula is C10H10FNO4. The summed E-state index contributed by atoms with van der Waals surface area (Å²) in [7, 11) is 0. The van der Waals surface area contributed by atoms with Gasteiger partial charge in [-0.2, -0.15) is 4.39 Å². The monoisotopic (exact) mass is 227 g/mol. The molecule has 0 aromatic heterocycles. The molecule has 0 fully saturated rings. The number of alkyl halides is 1. The van der Waals surface area contributed by atoms with E-state index >= 15 is 0 Å². The molecule has 1 aromatic rings. The fraction of sp³-hybridized carbons (Fsp3) is 0.300. The van der Waals surface area contributed by atoms with Crippen LogP contribution in [-0.2, 0) is 15.4 Å². The fourth-order valence-corrected chi connectivity index (χ4v) is 1.21. The summed E-state index contributed by atoms with van der Waals surface area (Å²) in [5.41, 5.74) is -0.101. The zero-order valence-electron chi connectivity index (χ0n) is 8.77. The van der Waals surface area contributed by atoms with Crippen LogP contribution in [0.3, 0.4) is 0 Å². The van der Waals surface area contributed by atoms with Crippen LogP contribution in [0.4, 0.5) is 10.1 Å². The minimum absolute atomic E-state index is 0.0494. The molecule has 0 aliphatic carbocycles. The SMILES string of the molecule is CC(=O)OC(C)(F)c1ccc([N+](=O)[O-])cc1. The predicted molar refractivity (Wildman–Crippen MR) is 53.3 cm³/mol. The van der Waals surface area contributed by atoms with Crippen molar-refractivity contribution in [1.82, 2.24) is 0 Å². The van der Waals surface area contributed by atoms with E-state index in [-0.39, 0.29) is 11.3 Å². The van der Waals surface area contributed by atoms with Gasteiger partial charge >= 0.3 is 5.97 Å². The van der Waals surface area contributed by atoms with Gasteiger partial charge in [-0.15, -0.1) is 0 Å². The molecule has 0 saturated heterocycles. The average Bonchev–Trinajstić information content (AvgIpc) is 2.16. The lowest BCUT2D eigenvalue weighted by Crippen LogP contribution is -2.22. The molecule has 0 amide bonds. The third-order valence-corrected chi connectivity index (χ3v) is 1.93. The number of carbonyl (C=O) groups excluding carboxylic acids is 1. The molecule has 0 saturated carbocycles. The quantitative estimate of drug-likeness (QED) is 0.451. The Kier molecular flexibility index (Phi) is 3.22. The molecule has 86 valence electrons. The summed E-state index contributed by atoms with van der Waals surface area (Å²) < 4.78 is 18.2. The smallest absolute Gasteiger partial charge is 0.305 e. The van der Waals surface area contributed by atoms with E-state index in [4.69, 9.17) is 0 Å². The summed E-state index contributed by atoms with van der Waals surface area (Å²) in [4.78, 5) is 20.4. The van der Waals surface area contributed by atoms with E-state index in [9.17, 15) is 19.3 Å². The average molecular weight is 227 g/mol. The van der Waals surface area contributed by atoms with Crippen molar-refractivity contribution in [3.05, 3.63) is 39.9 Å². The number of non-ortho nitro benzene ring substituents is 1. The molecule has 0 heterocycles. The minimum Gasteiger partial charge on any atom is -0.425 e. The van der Waals surface area contributed by atoms with Gasteiger partial charge in [0.05, 0.1) is 4.92 Å². The van der Waals surface area contributed by atoms with Gasteiger partial charge in [-0.3, -0.25) is 14.9 Å². The first kappa shape index (κ1) is 12.1. The molecular weight excluding hydrogens is 217 g/mol. The van der Waals surface area contributed by atoms with Gasteiger partial charge < -0.3 is 4.74 Å². The predicted octanol–water partition coefficient (Wildman–Crippen LogP) is 2.30. The van der Waals surface area contributed by atoms with Crippen molar-refractivity contribution >= 4 is 11.7 Å². The lowest BCUT2D eigenvalue weighted by Gasteiger charge is -2.19. The molecule has 5 nitrogen and oxygen atoms in total. The maximum atomic E-state index is 13.8. The van der Waals surface area contributed by atoms with Crippen LogP contribution in [0.15, 0.2) is 24.3 Å². The number of nitrogens with zero attached hydrogens (tertiary/aromatic N) is 1. The van der Waals surface area contributed by atoms with Crippen LogP contribution in [0.25, 0.3) is 0 Å². The highest BCUT2D eigenvalue weighted by Crippen LogP contribution is 2.28. The first-order chi connectivity index (χ1) is 7.33. The van der Waals surface area contributed by atoms with Crippen LogP contribution in [0.5, 0.6) is 0 Å². The molecule has 0 aliphatic heterocycles. The van der Waals surface area contributed by atoms with Gasteiger partial charge in [0.2, 0.25) is 0 Å². The first-order valence-corrected chi connectivity index (χ1v) is 4.46. The van der Waals surface area contributed by atoms with E-state index in [1.807, 2.05) is 0 Å². The van der Waals surface area contributed by atoms with Crippen molar-refractivity contribution in [3.8, 4) is 0 Å². The number of benzene rings is 1. The lowest BCUT2D eigenvalue weighted by atomic mass is 10.1. The third kappa shape index (κ3) is 2.75. The number of ether oxygens (including phenoxy) is 1. The second kappa shape index (κ2) is 4.26. The second-order valence-corrected chi connectivity index (χ2v) is 3.31. The van der Waals surface area contributed by atoms with Crippen molar-refractivity contribution in [2.45, 2.75) is 19.7 Å². The highest BCUT2D eigenvalue weighted by Gasteiger charge is 2.29. The highest BCUT2D eigenvalue weighted by molar-refractivity contribution is 5.66. The third-order valence-electron chi connectivity index (χ3n) is 1.93. The normalized spacial score (nSPS) is 13.9. The molecule has 1 atom stereocenters. The van der Waals surface area contributed by atoms with E-state index in [1.54, 1.807) is 0 Å². The van der Waals surface area contributed by atoms with Crippen LogP contribution < -0.4 is 0 Å². The Morgan fingerprint density at radius 1 is 1.44 bits per heavy atom. The zero-order valence-corrected chi connectivity index (χ0v) is 8.77. The van der Waals surface area contributed by atoms with Gasteiger partial charge in [-0.1, -0.05) is 0 Å². The van der Waals surface area contributed by atoms with E-state index in [2.05, 4.69) is 4.74 Å². The minimum atomic E-state index is -2.28. The van der Waals surface area contributed by atoms with E-state index in [0.717, 1.165) is 26.0 Å². The Morgan fingerprint density at radius 2 is 1.94 bits per heavy atom. The van der Waals surface area contributed by atoms with Crippen molar-refractivity contribution in [3.63, 3.8) is 0 Å². The number of hydrogen-bond acceptors (Lipinski definition) is 4. The Hall–Kier alpha value is -1.98. The van der Waals surface area contributed by atoms with Gasteiger partial charge in [0.1, 0.15) is 0 Å². The van der Waals surface area contributed by atoms with Crippen molar-refractivity contribution in [1.29, 1.82) is 0 Å². The lowest BCUT2D eigenvalue weighted by molar-refractivity contribution is -0.384. The Morgan fingerprint density at radius 3 is 2.31 bits per heavy atom. The van der Waals surface area contributed by atoms with Gasteiger partial charge in [0, 0.05) is 31.5 Å². The standard InChI is InChI=1S/C10H10FNO4/c1-7(13)16-10(2,11)8-3-5-9(6-4-8)12(14)15/h3-6H,1-2H3. The van der Waals surface area contributed by atoms with Crippen molar-refractivity contribution in [2.24, 2.45) is 0 Å². The summed E-state index contributed by atoms with van der Waals surface area (Å²) in [6.07, 6.45) is 0. The van der Waals surface area contributed by atoms with Crippen LogP contribution in [0.2, 0.25) is 0 Å². The molecule has 0 aliphatic rings. The molecule has 0 N–H and O–H groups in total. The topological polar surface area (TPSA) is 69.4 Å². The molecule has 0 bridgehead atoms. The van der Waals surface area contributed by atoms with Crippen molar-refractivity contribution < 1.29 is 18.8 Å². The molecule has 1 rings (SSSR count). The number of nitro benzene ring substituents is 1. The largest absolute Gasteiger partial charge is 0.425 e. The molecule has 1 unspecified atom stereocenters. The number of nitro groups is 1. The Labute approximate surface area is 91.0 Å². The number of halogens is 1. The summed E-state index contributed by atoms with van der Waals surface area (Å²) in [5.74, 6) is -3.04. The maximum absolute atomic E-state index is 13.8. The van der Waals surface area contributed by atoms with Crippen LogP contribution in [-0.4, -0.2) is 10.9 Å². The van der Waals surface area contributed by atoms with Crippen LogP contribution in [0.1, 0.15) is 19.4 Å². The number of rotatable bonds is 3. The van der Waals surface area contributed by atoms with Crippen LogP contribution in [0, 0.1) is 10.1 Å². The number of esters is 1. The maximum Gasteiger partial charge on any atom is 0.305 e. The molecule has 1 aromatic carbocycles. The van der Waals surface area contributed by atoms with Gasteiger partial charge in [-0.05, 0) is 12.1 Å². The summed E-state index contributed by atoms with van der Waals surface area (Å²) >= 11 is 0. The fourth-order valence-electron chi connectivity index (χ4n) is 1.21.